The van der Waals surface area contributed by atoms with E-state index in [-0.39, 0.29) is 49.1 Å². The van der Waals surface area contributed by atoms with Crippen LogP contribution in [0.4, 0.5) is 0 Å². The second-order valence-electron chi connectivity index (χ2n) is 24.9. The van der Waals surface area contributed by atoms with Crippen LogP contribution in [-0.4, -0.2) is 206 Å². The van der Waals surface area contributed by atoms with Gasteiger partial charge in [-0.15, -0.1) is 0 Å². The Morgan fingerprint density at radius 1 is 0.633 bits per heavy atom. The Morgan fingerprint density at radius 3 is 1.56 bits per heavy atom. The molecular weight excluding hydrogens is 1270 g/mol. The number of imidazole rings is 2. The maximum absolute atomic E-state index is 13.4. The van der Waals surface area contributed by atoms with Gasteiger partial charge in [0, 0.05) is 63.5 Å². The number of esters is 1. The number of carboxylic acid groups (broad SMARTS) is 2. The van der Waals surface area contributed by atoms with E-state index in [2.05, 4.69) is 62.4 Å². The van der Waals surface area contributed by atoms with Gasteiger partial charge in [0.05, 0.1) is 75.1 Å². The molecule has 4 aliphatic heterocycles. The zero-order valence-electron chi connectivity index (χ0n) is 55.9. The van der Waals surface area contributed by atoms with Crippen molar-refractivity contribution in [3.63, 3.8) is 0 Å². The second kappa shape index (κ2) is 30.0. The van der Waals surface area contributed by atoms with Crippen molar-refractivity contribution < 1.29 is 102 Å². The number of pyridine rings is 2. The third kappa shape index (κ3) is 15.0. The third-order valence-electron chi connectivity index (χ3n) is 17.6. The van der Waals surface area contributed by atoms with Gasteiger partial charge >= 0.3 is 17.9 Å². The molecule has 3 fully saturated rings. The maximum Gasteiger partial charge on any atom is 0.335 e. The standard InChI is InChI=1S/C29H32O13.2C19H21N3O.C4H6O6/c1-11-36-9-20-27(40-11)24(31)25(32)29(41-20)42-26-14-7-17-16(38-10-39-17)6-13(14)21(22-15(26)8-37-28(22)33)12-4-18(34-2)23(30)19(5-12)35-3;2*1-13-5-8-15(9-6-13)19-16(11-18(23)21(3)4)22-12-14(2)7-10-17(22)20-19;5-1(3(7)8)2(6)4(9)10/h4-7,11,15,20-22,24-27,29-32H,8-10H2,1-3H3;2*5-10,12H,11H2,1-4H3;1-2,5-6H,(H,7,8)(H,9,10)/t11-,15?,20-,21-,22+,24-,25-,26?,27-,29+;;;/m1.../s1. The lowest BCUT2D eigenvalue weighted by atomic mass is 9.66. The number of cyclic esters (lactones) is 1. The highest BCUT2D eigenvalue weighted by atomic mass is 16.8. The maximum atomic E-state index is 13.4. The van der Waals surface area contributed by atoms with Crippen molar-refractivity contribution in [3.8, 4) is 51.3 Å². The van der Waals surface area contributed by atoms with E-state index in [9.17, 15) is 39.3 Å². The highest BCUT2D eigenvalue weighted by molar-refractivity contribution is 5.84. The van der Waals surface area contributed by atoms with Crippen LogP contribution in [0.3, 0.4) is 0 Å². The first-order valence-electron chi connectivity index (χ1n) is 31.5. The molecule has 98 heavy (non-hydrogen) atoms. The normalized spacial score (nSPS) is 22.4. The summed E-state index contributed by atoms with van der Waals surface area (Å²) in [5, 5.41) is 65.0. The van der Waals surface area contributed by atoms with E-state index in [0.717, 1.165) is 56.3 Å². The van der Waals surface area contributed by atoms with E-state index in [0.29, 0.717) is 41.0 Å². The molecule has 0 bridgehead atoms. The minimum Gasteiger partial charge on any atom is -0.502 e. The average Bonchev–Trinajstić information content (AvgIpc) is 1.38. The summed E-state index contributed by atoms with van der Waals surface area (Å²) < 4.78 is 55.6. The van der Waals surface area contributed by atoms with Crippen LogP contribution in [0.2, 0.25) is 0 Å². The number of carbonyl (C=O) groups excluding carboxylic acids is 3. The van der Waals surface area contributed by atoms with Crippen LogP contribution in [0.5, 0.6) is 28.7 Å². The Morgan fingerprint density at radius 2 is 1.10 bits per heavy atom. The number of benzene rings is 4. The molecule has 8 heterocycles. The topological polar surface area (TPSA) is 351 Å². The van der Waals surface area contributed by atoms with Crippen LogP contribution in [0.25, 0.3) is 33.8 Å². The zero-order chi connectivity index (χ0) is 70.7. The number of phenolic OH excluding ortho intramolecular Hbond substituents is 1. The predicted octanol–water partition coefficient (Wildman–Crippen LogP) is 5.71. The van der Waals surface area contributed by atoms with Gasteiger partial charge in [-0.25, -0.2) is 19.6 Å². The summed E-state index contributed by atoms with van der Waals surface area (Å²) in [6.07, 6.45) is -6.58. The number of phenols is 1. The number of likely N-dealkylation sites (N-methyl/N-ethyl adjacent to an activating group) is 2. The molecule has 8 aromatic rings. The second-order valence-corrected chi connectivity index (χ2v) is 24.9. The number of aliphatic hydroxyl groups is 4. The van der Waals surface area contributed by atoms with Gasteiger partial charge in [0.1, 0.15) is 35.7 Å². The van der Waals surface area contributed by atoms with Crippen molar-refractivity contribution in [2.24, 2.45) is 11.8 Å². The monoisotopic (exact) mass is 1350 g/mol. The quantitative estimate of drug-likeness (QED) is 0.0641. The van der Waals surface area contributed by atoms with Gasteiger partial charge in [0.15, 0.2) is 47.8 Å². The van der Waals surface area contributed by atoms with Crippen LogP contribution in [0.15, 0.2) is 109 Å². The summed E-state index contributed by atoms with van der Waals surface area (Å²) in [4.78, 5) is 70.2. The number of aliphatic carboxylic acids is 2. The number of carboxylic acids is 2. The zero-order valence-corrected chi connectivity index (χ0v) is 55.9. The molecule has 12 atom stereocenters. The largest absolute Gasteiger partial charge is 0.502 e. The molecule has 0 spiro atoms. The molecule has 5 aliphatic rings. The van der Waals surface area contributed by atoms with Crippen molar-refractivity contribution >= 4 is 41.0 Å². The number of carbonyl (C=O) groups is 5. The van der Waals surface area contributed by atoms with E-state index in [4.69, 9.17) is 73.0 Å². The van der Waals surface area contributed by atoms with E-state index in [1.165, 1.54) is 25.3 Å². The number of methoxy groups -OCH3 is 2. The first kappa shape index (κ1) is 71.1. The number of fused-ring (bicyclic) bond motifs is 6. The summed E-state index contributed by atoms with van der Waals surface area (Å²) in [5.74, 6) is -4.42. The number of nitrogens with zero attached hydrogens (tertiary/aromatic N) is 6. The fraction of sp³-hybridized carbons (Fsp3) is 0.394. The van der Waals surface area contributed by atoms with Crippen molar-refractivity contribution in [2.75, 3.05) is 62.4 Å². The Hall–Kier alpha value is -9.71. The highest BCUT2D eigenvalue weighted by Crippen LogP contribution is 2.57. The van der Waals surface area contributed by atoms with Gasteiger partial charge in [0.25, 0.3) is 0 Å². The van der Waals surface area contributed by atoms with Crippen molar-refractivity contribution in [1.82, 2.24) is 28.6 Å². The highest BCUT2D eigenvalue weighted by Gasteiger charge is 2.56. The van der Waals surface area contributed by atoms with Crippen molar-refractivity contribution in [2.45, 2.75) is 109 Å². The molecule has 3 saturated heterocycles. The third-order valence-corrected chi connectivity index (χ3v) is 17.6. The van der Waals surface area contributed by atoms with Crippen LogP contribution in [-0.2, 0) is 60.5 Å². The molecule has 4 unspecified atom stereocenters. The van der Waals surface area contributed by atoms with E-state index in [1.54, 1.807) is 69.2 Å². The predicted molar refractivity (Wildman–Crippen MR) is 351 cm³/mol. The molecule has 27 heteroatoms. The molecule has 4 aromatic heterocycles. The molecule has 0 saturated carbocycles. The van der Waals surface area contributed by atoms with Crippen LogP contribution in [0.1, 0.15) is 69.3 Å². The molecule has 13 rings (SSSR count). The van der Waals surface area contributed by atoms with Gasteiger partial charge < -0.3 is 97.0 Å². The molecule has 7 N–H and O–H groups in total. The number of rotatable bonds is 14. The SMILES string of the molecule is COc1cc([C@@H]2c3cc4c(cc3C(O[C@@H]3O[C@@H]5CO[C@@H](C)O[C@H]5[C@H](O)[C@H]3O)C3COC(=O)[C@@H]32)OCO4)cc(OC)c1O.Cc1ccc(-c2nc3ccc(C)cn3c2CC(=O)N(C)C)cc1.Cc1ccc(-c2nc3ccc(C)cn3c2CC(=O)N(C)C)cc1.O=C(O)C(O)C(O)C(=O)O. The Bertz CT molecular complexity index is 4060. The Kier molecular flexibility index (Phi) is 21.7. The molecule has 520 valence electrons. The number of hydrogen-bond acceptors (Lipinski definition) is 21. The number of aliphatic hydroxyl groups excluding tert-OH is 4. The fourth-order valence-corrected chi connectivity index (χ4v) is 12.2. The first-order chi connectivity index (χ1) is 46.7. The molecule has 1 aliphatic carbocycles. The van der Waals surface area contributed by atoms with Gasteiger partial charge in [0.2, 0.25) is 24.4 Å². The van der Waals surface area contributed by atoms with E-state index < -0.39 is 91.0 Å². The summed E-state index contributed by atoms with van der Waals surface area (Å²) in [7, 11) is 9.98. The van der Waals surface area contributed by atoms with Gasteiger partial charge in [-0.3, -0.25) is 14.4 Å². The van der Waals surface area contributed by atoms with Gasteiger partial charge in [-0.05, 0) is 98.8 Å². The van der Waals surface area contributed by atoms with Crippen LogP contribution < -0.4 is 18.9 Å². The lowest BCUT2D eigenvalue weighted by molar-refractivity contribution is -0.364. The van der Waals surface area contributed by atoms with Crippen LogP contribution >= 0.6 is 0 Å². The minimum absolute atomic E-state index is 0.0301. The lowest BCUT2D eigenvalue weighted by Crippen LogP contribution is -2.63. The molecular formula is C71H80N6O21. The van der Waals surface area contributed by atoms with Gasteiger partial charge in [-0.1, -0.05) is 71.8 Å². The molecule has 0 radical (unpaired) electrons. The number of amides is 2. The lowest BCUT2D eigenvalue weighted by Gasteiger charge is -2.47. The van der Waals surface area contributed by atoms with E-state index >= 15 is 0 Å². The summed E-state index contributed by atoms with van der Waals surface area (Å²) in [6, 6.07) is 31.5. The van der Waals surface area contributed by atoms with Gasteiger partial charge in [-0.2, -0.15) is 0 Å². The van der Waals surface area contributed by atoms with Crippen LogP contribution in [0, 0.1) is 39.5 Å². The Labute approximate surface area is 563 Å². The number of aromatic nitrogens is 4. The number of hydrogen-bond donors (Lipinski definition) is 7. The smallest absolute Gasteiger partial charge is 0.335 e. The van der Waals surface area contributed by atoms with Crippen molar-refractivity contribution in [1.29, 1.82) is 0 Å². The molecule has 4 aromatic carbocycles. The molecule has 27 nitrogen and oxygen atoms in total. The number of aryl methyl sites for hydroxylation is 4. The summed E-state index contributed by atoms with van der Waals surface area (Å²) in [6.45, 7) is 10.1. The minimum atomic E-state index is -2.27. The first-order valence-corrected chi connectivity index (χ1v) is 31.5. The van der Waals surface area contributed by atoms with E-state index in [1.807, 2.05) is 59.3 Å². The number of aromatic hydroxyl groups is 1. The average molecular weight is 1350 g/mol. The number of ether oxygens (including phenoxy) is 9. The summed E-state index contributed by atoms with van der Waals surface area (Å²) in [5.41, 5.74) is 14.2. The Balaban J connectivity index is 0.000000158. The fourth-order valence-electron chi connectivity index (χ4n) is 12.2. The summed E-state index contributed by atoms with van der Waals surface area (Å²) >= 11 is 0. The van der Waals surface area contributed by atoms with Crippen molar-refractivity contribution in [3.05, 3.63) is 160 Å². The molecule has 2 amide bonds.